The number of halogens is 1. The lowest BCUT2D eigenvalue weighted by Crippen LogP contribution is -2.34. The molecule has 1 unspecified atom stereocenters. The van der Waals surface area contributed by atoms with Gasteiger partial charge in [0.2, 0.25) is 11.6 Å². The molecular weight excluding hydrogens is 679 g/mol. The van der Waals surface area contributed by atoms with Gasteiger partial charge in [0, 0.05) is 59.6 Å². The Morgan fingerprint density at radius 1 is 1.13 bits per heavy atom. The number of methoxy groups -OCH3 is 1. The van der Waals surface area contributed by atoms with Gasteiger partial charge in [0.15, 0.2) is 19.0 Å². The highest BCUT2D eigenvalue weighted by Crippen LogP contribution is 2.38. The number of hydrogen-bond donors (Lipinski definition) is 6. The van der Waals surface area contributed by atoms with Gasteiger partial charge in [0.25, 0.3) is 5.56 Å². The Morgan fingerprint density at radius 2 is 1.91 bits per heavy atom. The maximum absolute atomic E-state index is 14.7. The third kappa shape index (κ3) is 9.03. The fourth-order valence-corrected chi connectivity index (χ4v) is 6.38. The molecule has 0 bridgehead atoms. The average Bonchev–Trinajstić information content (AvgIpc) is 3.52. The van der Waals surface area contributed by atoms with Gasteiger partial charge >= 0.3 is 0 Å². The minimum absolute atomic E-state index is 0.00766. The van der Waals surface area contributed by atoms with Crippen molar-refractivity contribution >= 4 is 40.7 Å². The summed E-state index contributed by atoms with van der Waals surface area (Å²) in [7, 11) is 3.15. The number of nitrogens with two attached hydrogens (primary N) is 1. The third-order valence-electron chi connectivity index (χ3n) is 8.98. The largest absolute Gasteiger partial charge is 0.396 e. The average molecular weight is 726 g/mol. The van der Waals surface area contributed by atoms with Crippen molar-refractivity contribution in [1.29, 1.82) is 0 Å². The Labute approximate surface area is 307 Å². The van der Waals surface area contributed by atoms with Crippen LogP contribution in [0.15, 0.2) is 77.9 Å². The molecule has 0 radical (unpaired) electrons. The van der Waals surface area contributed by atoms with Gasteiger partial charge in [-0.2, -0.15) is 4.58 Å². The number of aliphatic hydroxyl groups is 1. The number of aliphatic hydroxyl groups excluding tert-OH is 1. The van der Waals surface area contributed by atoms with E-state index < -0.39 is 17.5 Å². The van der Waals surface area contributed by atoms with Crippen molar-refractivity contribution in [3.8, 4) is 11.4 Å². The first kappa shape index (κ1) is 38.5. The van der Waals surface area contributed by atoms with Crippen molar-refractivity contribution in [3.63, 3.8) is 0 Å². The number of anilines is 1. The van der Waals surface area contributed by atoms with Gasteiger partial charge < -0.3 is 46.2 Å². The van der Waals surface area contributed by atoms with Gasteiger partial charge in [-0.25, -0.2) is 9.37 Å². The minimum Gasteiger partial charge on any atom is -0.396 e. The summed E-state index contributed by atoms with van der Waals surface area (Å²) in [5.41, 5.74) is 11.4. The van der Waals surface area contributed by atoms with E-state index in [0.717, 1.165) is 28.2 Å². The first-order valence-electron chi connectivity index (χ1n) is 17.3. The zero-order chi connectivity index (χ0) is 38.1. The van der Waals surface area contributed by atoms with Crippen LogP contribution in [0.4, 0.5) is 15.8 Å². The summed E-state index contributed by atoms with van der Waals surface area (Å²) < 4.78 is 23.5. The number of nitrogens with one attached hydrogen (secondary N) is 4. The lowest BCUT2D eigenvalue weighted by molar-refractivity contribution is -0.427. The molecule has 1 aliphatic rings. The molecule has 0 fully saturated rings. The van der Waals surface area contributed by atoms with Crippen LogP contribution in [0.3, 0.4) is 0 Å². The number of carbonyl (C=O) groups is 2. The predicted octanol–water partition coefficient (Wildman–Crippen LogP) is 2.42. The zero-order valence-corrected chi connectivity index (χ0v) is 30.0. The zero-order valence-electron chi connectivity index (χ0n) is 30.0. The SMILES string of the molecule is C=C(CNC(=C)C[N+](=CCNC(=O)CNC)c1ccccc1)NCCCc1c2c(nc3cc(F)c(N)cc13)-c1cc(C(O)C=O)c(COC)c(=O)n1C2. The Hall–Kier alpha value is -5.70. The number of aldehydes is 1. The molecule has 13 nitrogen and oxygen atoms in total. The van der Waals surface area contributed by atoms with Gasteiger partial charge in [-0.15, -0.1) is 0 Å². The van der Waals surface area contributed by atoms with Gasteiger partial charge in [-0.3, -0.25) is 9.59 Å². The van der Waals surface area contributed by atoms with E-state index >= 15 is 0 Å². The second-order valence-electron chi connectivity index (χ2n) is 12.7. The van der Waals surface area contributed by atoms with E-state index in [-0.39, 0.29) is 42.4 Å². The highest BCUT2D eigenvalue weighted by atomic mass is 19.1. The number of likely N-dealkylation sites (N-methyl/N-ethyl adjacent to an activating group) is 1. The van der Waals surface area contributed by atoms with Crippen LogP contribution in [0.25, 0.3) is 22.3 Å². The highest BCUT2D eigenvalue weighted by molar-refractivity contribution is 5.90. The molecular formula is C39H46FN8O5+. The first-order chi connectivity index (χ1) is 25.6. The van der Waals surface area contributed by atoms with Gasteiger partial charge in [-0.05, 0) is 37.6 Å². The summed E-state index contributed by atoms with van der Waals surface area (Å²) in [6.45, 7) is 10.5. The number of fused-ring (bicyclic) bond motifs is 4. The van der Waals surface area contributed by atoms with Crippen molar-refractivity contribution in [2.45, 2.75) is 32.1 Å². The van der Waals surface area contributed by atoms with Crippen LogP contribution in [0.2, 0.25) is 0 Å². The normalized spacial score (nSPS) is 12.6. The number of nitrogen functional groups attached to an aromatic ring is 1. The highest BCUT2D eigenvalue weighted by Gasteiger charge is 2.30. The van der Waals surface area contributed by atoms with Crippen molar-refractivity contribution < 1.29 is 28.4 Å². The molecule has 1 atom stereocenters. The first-order valence-corrected chi connectivity index (χ1v) is 17.3. The number of carbonyl (C=O) groups excluding carboxylic acids is 2. The predicted molar refractivity (Wildman–Crippen MR) is 203 cm³/mol. The quantitative estimate of drug-likeness (QED) is 0.0244. The molecule has 0 saturated carbocycles. The van der Waals surface area contributed by atoms with E-state index in [1.807, 2.05) is 41.1 Å². The summed E-state index contributed by atoms with van der Waals surface area (Å²) in [4.78, 5) is 41.8. The molecule has 2 aromatic heterocycles. The molecule has 4 aromatic rings. The lowest BCUT2D eigenvalue weighted by Gasteiger charge is -2.15. The van der Waals surface area contributed by atoms with Crippen molar-refractivity contribution in [2.75, 3.05) is 52.6 Å². The van der Waals surface area contributed by atoms with Crippen LogP contribution >= 0.6 is 0 Å². The molecule has 53 heavy (non-hydrogen) atoms. The number of rotatable bonds is 19. The van der Waals surface area contributed by atoms with Crippen molar-refractivity contribution in [2.24, 2.45) is 0 Å². The summed E-state index contributed by atoms with van der Waals surface area (Å²) >= 11 is 0. The molecule has 1 amide bonds. The molecule has 14 heteroatoms. The Balaban J connectivity index is 1.26. The van der Waals surface area contributed by atoms with E-state index in [4.69, 9.17) is 15.5 Å². The summed E-state index contributed by atoms with van der Waals surface area (Å²) in [6, 6.07) is 14.2. The molecule has 2 aromatic carbocycles. The molecule has 7 N–H and O–H groups in total. The second kappa shape index (κ2) is 17.7. The standard InChI is InChI=1S/C39H45FN8O5/c1-24(18-45-25(2)20-47(26-9-6-5-7-10-26)14-13-44-37(51)19-42-3)43-12-8-11-27-28-15-33(41)32(40)17-34(28)46-38-30(27)21-48-35(38)16-29(36(50)22-49)31(23-53-4)39(48)52/h5-7,9-10,14-17,22,36,42-43,45,50H,1-2,8,11-13,18-21,23H2,3-4H3,(H2-,41,44,51,52)/p+1. The van der Waals surface area contributed by atoms with E-state index in [1.54, 1.807) is 23.7 Å². The Morgan fingerprint density at radius 3 is 2.62 bits per heavy atom. The van der Waals surface area contributed by atoms with E-state index in [0.29, 0.717) is 67.6 Å². The van der Waals surface area contributed by atoms with Crippen LogP contribution < -0.4 is 32.6 Å². The summed E-state index contributed by atoms with van der Waals surface area (Å²) in [5, 5.41) is 23.5. The van der Waals surface area contributed by atoms with E-state index in [9.17, 15) is 23.9 Å². The fourth-order valence-electron chi connectivity index (χ4n) is 6.38. The number of pyridine rings is 2. The number of amides is 1. The van der Waals surface area contributed by atoms with E-state index in [1.165, 1.54) is 13.2 Å². The molecule has 0 saturated heterocycles. The van der Waals surface area contributed by atoms with E-state index in [2.05, 4.69) is 34.4 Å². The van der Waals surface area contributed by atoms with Crippen LogP contribution in [0.5, 0.6) is 0 Å². The minimum atomic E-state index is -1.52. The van der Waals surface area contributed by atoms with Gasteiger partial charge in [0.05, 0.1) is 61.1 Å². The molecule has 0 spiro atoms. The number of aryl methyl sites for hydroxylation is 1. The maximum atomic E-state index is 14.7. The maximum Gasteiger partial charge on any atom is 0.257 e. The van der Waals surface area contributed by atoms with Gasteiger partial charge in [-0.1, -0.05) is 31.4 Å². The molecule has 1 aliphatic heterocycles. The van der Waals surface area contributed by atoms with Crippen molar-refractivity contribution in [1.82, 2.24) is 30.8 Å². The van der Waals surface area contributed by atoms with Crippen LogP contribution in [0, 0.1) is 5.82 Å². The number of ether oxygens (including phenoxy) is 1. The fraction of sp³-hybridized carbons (Fsp3) is 0.308. The lowest BCUT2D eigenvalue weighted by atomic mass is 9.96. The topological polar surface area (TPSA) is 176 Å². The summed E-state index contributed by atoms with van der Waals surface area (Å²) in [5.74, 6) is -0.704. The monoisotopic (exact) mass is 725 g/mol. The number of para-hydroxylation sites is 1. The number of aromatic nitrogens is 2. The number of benzene rings is 2. The molecule has 278 valence electrons. The smallest absolute Gasteiger partial charge is 0.257 e. The Bertz CT molecular complexity index is 2120. The molecule has 3 heterocycles. The molecule has 5 rings (SSSR count). The van der Waals surface area contributed by atoms with Crippen LogP contribution in [-0.4, -0.2) is 84.5 Å². The summed E-state index contributed by atoms with van der Waals surface area (Å²) in [6.07, 6.45) is 1.96. The Kier molecular flexibility index (Phi) is 12.9. The third-order valence-corrected chi connectivity index (χ3v) is 8.98. The van der Waals surface area contributed by atoms with Crippen LogP contribution in [-0.2, 0) is 33.9 Å². The van der Waals surface area contributed by atoms with Crippen LogP contribution in [0.1, 0.15) is 34.8 Å². The van der Waals surface area contributed by atoms with Crippen molar-refractivity contribution in [3.05, 3.63) is 112 Å². The number of nitrogens with zero attached hydrogens (tertiary/aromatic N) is 3. The van der Waals surface area contributed by atoms with Gasteiger partial charge in [0.1, 0.15) is 11.9 Å². The second-order valence-corrected chi connectivity index (χ2v) is 12.7. The molecule has 0 aliphatic carbocycles. The number of hydrogen-bond acceptors (Lipinski definition) is 10.